The lowest BCUT2D eigenvalue weighted by Gasteiger charge is -2.09. The fourth-order valence-electron chi connectivity index (χ4n) is 3.21. The Balaban J connectivity index is 1.53. The Bertz CT molecular complexity index is 685. The van der Waals surface area contributed by atoms with Crippen LogP contribution in [0.2, 0.25) is 5.02 Å². The fraction of sp³-hybridized carbons (Fsp3) is 0.520. The number of ether oxygens (including phenoxy) is 2. The zero-order valence-corrected chi connectivity index (χ0v) is 18.4. The van der Waals surface area contributed by atoms with Gasteiger partial charge in [0.25, 0.3) is 0 Å². The van der Waals surface area contributed by atoms with Gasteiger partial charge in [0.1, 0.15) is 23.9 Å². The van der Waals surface area contributed by atoms with E-state index in [9.17, 15) is 5.11 Å². The molecule has 0 aliphatic carbocycles. The van der Waals surface area contributed by atoms with Crippen LogP contribution in [0.3, 0.4) is 0 Å². The second-order valence-electron chi connectivity index (χ2n) is 7.58. The summed E-state index contributed by atoms with van der Waals surface area (Å²) >= 11 is 5.89. The normalized spacial score (nSPS) is 10.8. The lowest BCUT2D eigenvalue weighted by atomic mass is 10.1. The van der Waals surface area contributed by atoms with Gasteiger partial charge in [0.15, 0.2) is 0 Å². The number of phenols is 1. The zero-order valence-electron chi connectivity index (χ0n) is 17.7. The molecule has 0 radical (unpaired) electrons. The Hall–Kier alpha value is -1.87. The first-order valence-corrected chi connectivity index (χ1v) is 11.4. The van der Waals surface area contributed by atoms with Crippen LogP contribution < -0.4 is 9.47 Å². The number of rotatable bonds is 15. The standard InChI is InChI=1S/C25H35ClO3/c1-2-3-4-5-6-7-8-9-10-11-18-28-22-14-12-21(13-15-22)20-29-23-16-17-25(27)24(26)19-23/h12-17,19,27H,2-11,18,20H2,1H3. The first kappa shape index (κ1) is 23.4. The number of halogens is 1. The van der Waals surface area contributed by atoms with Gasteiger partial charge in [0.05, 0.1) is 11.6 Å². The van der Waals surface area contributed by atoms with Crippen molar-refractivity contribution in [1.29, 1.82) is 0 Å². The van der Waals surface area contributed by atoms with E-state index in [1.54, 1.807) is 12.1 Å². The van der Waals surface area contributed by atoms with Crippen molar-refractivity contribution in [2.24, 2.45) is 0 Å². The molecule has 1 N–H and O–H groups in total. The first-order valence-electron chi connectivity index (χ1n) is 11.0. The van der Waals surface area contributed by atoms with Crippen molar-refractivity contribution in [2.45, 2.75) is 77.7 Å². The van der Waals surface area contributed by atoms with Crippen molar-refractivity contribution in [3.05, 3.63) is 53.1 Å². The fourth-order valence-corrected chi connectivity index (χ4v) is 3.38. The highest BCUT2D eigenvalue weighted by atomic mass is 35.5. The van der Waals surface area contributed by atoms with Crippen LogP contribution in [0.25, 0.3) is 0 Å². The minimum atomic E-state index is 0.0583. The molecule has 2 aromatic rings. The van der Waals surface area contributed by atoms with E-state index in [-0.39, 0.29) is 5.75 Å². The molecule has 0 spiro atoms. The quantitative estimate of drug-likeness (QED) is 0.298. The molecule has 0 amide bonds. The predicted molar refractivity (Wildman–Crippen MR) is 121 cm³/mol. The third-order valence-electron chi connectivity index (χ3n) is 5.01. The van der Waals surface area contributed by atoms with Gasteiger partial charge in [-0.05, 0) is 36.2 Å². The lowest BCUT2D eigenvalue weighted by molar-refractivity contribution is 0.300. The summed E-state index contributed by atoms with van der Waals surface area (Å²) < 4.78 is 11.5. The number of phenolic OH excluding ortho intramolecular Hbond substituents is 1. The van der Waals surface area contributed by atoms with Gasteiger partial charge >= 0.3 is 0 Å². The van der Waals surface area contributed by atoms with Crippen molar-refractivity contribution in [3.8, 4) is 17.2 Å². The van der Waals surface area contributed by atoms with Crippen molar-refractivity contribution in [2.75, 3.05) is 6.61 Å². The summed E-state index contributed by atoms with van der Waals surface area (Å²) in [5.41, 5.74) is 1.06. The molecule has 0 saturated heterocycles. The molecule has 0 fully saturated rings. The minimum Gasteiger partial charge on any atom is -0.506 e. The minimum absolute atomic E-state index is 0.0583. The average molecular weight is 419 g/mol. The molecule has 0 unspecified atom stereocenters. The molecule has 2 aromatic carbocycles. The number of hydrogen-bond donors (Lipinski definition) is 1. The highest BCUT2D eigenvalue weighted by Crippen LogP contribution is 2.28. The Labute approximate surface area is 181 Å². The highest BCUT2D eigenvalue weighted by Gasteiger charge is 2.02. The first-order chi connectivity index (χ1) is 14.2. The number of benzene rings is 2. The van der Waals surface area contributed by atoms with Crippen LogP contribution in [0.1, 0.15) is 76.7 Å². The van der Waals surface area contributed by atoms with Gasteiger partial charge in [0.2, 0.25) is 0 Å². The highest BCUT2D eigenvalue weighted by molar-refractivity contribution is 6.32. The molecule has 0 aliphatic heterocycles. The Kier molecular flexibility index (Phi) is 11.4. The summed E-state index contributed by atoms with van der Waals surface area (Å²) in [6.07, 6.45) is 13.3. The number of aromatic hydroxyl groups is 1. The molecular formula is C25H35ClO3. The van der Waals surface area contributed by atoms with Crippen LogP contribution in [-0.2, 0) is 6.61 Å². The topological polar surface area (TPSA) is 38.7 Å². The maximum atomic E-state index is 9.44. The van der Waals surface area contributed by atoms with Gasteiger partial charge in [-0.25, -0.2) is 0 Å². The molecule has 0 aliphatic rings. The summed E-state index contributed by atoms with van der Waals surface area (Å²) in [5.74, 6) is 1.59. The van der Waals surface area contributed by atoms with Crippen molar-refractivity contribution >= 4 is 11.6 Å². The summed E-state index contributed by atoms with van der Waals surface area (Å²) in [5, 5.41) is 9.73. The molecule has 3 nitrogen and oxygen atoms in total. The molecule has 0 bridgehead atoms. The largest absolute Gasteiger partial charge is 0.506 e. The molecule has 4 heteroatoms. The van der Waals surface area contributed by atoms with Crippen molar-refractivity contribution in [1.82, 2.24) is 0 Å². The van der Waals surface area contributed by atoms with Crippen molar-refractivity contribution < 1.29 is 14.6 Å². The SMILES string of the molecule is CCCCCCCCCCCCOc1ccc(COc2ccc(O)c(Cl)c2)cc1. The van der Waals surface area contributed by atoms with E-state index >= 15 is 0 Å². The molecule has 2 rings (SSSR count). The van der Waals surface area contributed by atoms with Gasteiger partial charge in [0, 0.05) is 6.07 Å². The second-order valence-corrected chi connectivity index (χ2v) is 7.98. The molecule has 29 heavy (non-hydrogen) atoms. The molecular weight excluding hydrogens is 384 g/mol. The zero-order chi connectivity index (χ0) is 20.7. The van der Waals surface area contributed by atoms with E-state index in [0.29, 0.717) is 17.4 Å². The molecule has 160 valence electrons. The molecule has 0 aromatic heterocycles. The molecule has 0 atom stereocenters. The lowest BCUT2D eigenvalue weighted by Crippen LogP contribution is -1.99. The third kappa shape index (κ3) is 9.94. The third-order valence-corrected chi connectivity index (χ3v) is 5.32. The van der Waals surface area contributed by atoms with Crippen molar-refractivity contribution in [3.63, 3.8) is 0 Å². The Morgan fingerprint density at radius 3 is 1.93 bits per heavy atom. The maximum Gasteiger partial charge on any atom is 0.134 e. The van der Waals surface area contributed by atoms with Gasteiger partial charge in [-0.3, -0.25) is 0 Å². The van der Waals surface area contributed by atoms with Gasteiger partial charge < -0.3 is 14.6 Å². The van der Waals surface area contributed by atoms with E-state index in [1.165, 1.54) is 63.9 Å². The van der Waals surface area contributed by atoms with Gasteiger partial charge in [-0.15, -0.1) is 0 Å². The Morgan fingerprint density at radius 2 is 1.31 bits per heavy atom. The molecule has 0 heterocycles. The van der Waals surface area contributed by atoms with Crippen LogP contribution in [0, 0.1) is 0 Å². The van der Waals surface area contributed by atoms with Crippen LogP contribution in [0.5, 0.6) is 17.2 Å². The summed E-state index contributed by atoms with van der Waals surface area (Å²) in [7, 11) is 0. The summed E-state index contributed by atoms with van der Waals surface area (Å²) in [6.45, 7) is 3.49. The van der Waals surface area contributed by atoms with Crippen LogP contribution in [-0.4, -0.2) is 11.7 Å². The van der Waals surface area contributed by atoms with E-state index in [2.05, 4.69) is 6.92 Å². The van der Waals surface area contributed by atoms with E-state index in [0.717, 1.165) is 24.3 Å². The second kappa shape index (κ2) is 14.2. The maximum absolute atomic E-state index is 9.44. The van der Waals surface area contributed by atoms with Crippen LogP contribution >= 0.6 is 11.6 Å². The van der Waals surface area contributed by atoms with E-state index < -0.39 is 0 Å². The number of hydrogen-bond acceptors (Lipinski definition) is 3. The molecule has 0 saturated carbocycles. The van der Waals surface area contributed by atoms with Gasteiger partial charge in [-0.2, -0.15) is 0 Å². The van der Waals surface area contributed by atoms with Crippen LogP contribution in [0.4, 0.5) is 0 Å². The monoisotopic (exact) mass is 418 g/mol. The predicted octanol–water partition coefficient (Wildman–Crippen LogP) is 7.92. The van der Waals surface area contributed by atoms with E-state index in [1.807, 2.05) is 24.3 Å². The average Bonchev–Trinajstić information content (AvgIpc) is 2.74. The Morgan fingerprint density at radius 1 is 0.724 bits per heavy atom. The van der Waals surface area contributed by atoms with E-state index in [4.69, 9.17) is 21.1 Å². The van der Waals surface area contributed by atoms with Gasteiger partial charge in [-0.1, -0.05) is 88.4 Å². The summed E-state index contributed by atoms with van der Waals surface area (Å²) in [4.78, 5) is 0. The summed E-state index contributed by atoms with van der Waals surface area (Å²) in [6, 6.07) is 12.8. The van der Waals surface area contributed by atoms with Crippen LogP contribution in [0.15, 0.2) is 42.5 Å². The number of unbranched alkanes of at least 4 members (excludes halogenated alkanes) is 9. The smallest absolute Gasteiger partial charge is 0.134 e.